The summed E-state index contributed by atoms with van der Waals surface area (Å²) in [4.78, 5) is 0. The molecule has 0 N–H and O–H groups in total. The number of likely N-dealkylation sites (N-methyl/N-ethyl adjacent to an activating group) is 1. The second-order valence-electron chi connectivity index (χ2n) is 29.4. The molecule has 0 aromatic heterocycles. The molecule has 338 valence electrons. The first-order chi connectivity index (χ1) is 36.8. The first-order valence-electron chi connectivity index (χ1n) is 28.3. The van der Waals surface area contributed by atoms with Crippen LogP contribution in [-0.2, 0) is 10.8 Å². The molecule has 1 saturated heterocycles. The first kappa shape index (κ1) is 33.4. The maximum absolute atomic E-state index is 2.71. The number of nitrogens with zero attached hydrogens (tertiary/aromatic N) is 2. The Bertz CT molecular complexity index is 7420. The standard InChI is InChI=1S/C73H22N2.2HI/c1-74(2,3)12-8-6-11(7-9-12)71-73-69-63-57-47-35-27-19-15-13-14-17-21(19)29(35)39-33-25(17)26-18(14)22-20-16(13)24-23(15)31-37(27)45-51-41(31)42-32(24)38-28(20)36-30(22)40-34(26)44-43(33)55(49(39)57)65(69)66-56(44)50(40)58-48(36)54-46(38)52(42)60-59(51)67(61(63)53(45)47)72(73,10-75(71,4)5)68(60)62(54)64(58)70(66)73;;/h6-9,71H,10H2,1-5H3;2*1H/q+2;;/p-2. The molecule has 0 bridgehead atoms. The summed E-state index contributed by atoms with van der Waals surface area (Å²) < 4.78 is 1.80. The minimum absolute atomic E-state index is 0. The highest BCUT2D eigenvalue weighted by atomic mass is 127. The molecule has 1 heterocycles. The van der Waals surface area contributed by atoms with Gasteiger partial charge in [0.2, 0.25) is 0 Å². The van der Waals surface area contributed by atoms with E-state index in [1.807, 2.05) is 0 Å². The van der Waals surface area contributed by atoms with Crippen LogP contribution in [0.5, 0.6) is 0 Å². The molecule has 1 fully saturated rings. The monoisotopic (exact) mass is 1180 g/mol. The molecule has 29 aromatic rings. The zero-order valence-corrected chi connectivity index (χ0v) is 45.6. The average Bonchev–Trinajstić information content (AvgIpc) is 1.91. The number of hydrogen-bond donors (Lipinski definition) is 0. The molecule has 2 spiro atoms. The lowest BCUT2D eigenvalue weighted by molar-refractivity contribution is -0.911. The predicted octanol–water partition coefficient (Wildman–Crippen LogP) is 12.3. The summed E-state index contributed by atoms with van der Waals surface area (Å²) in [6, 6.07) is 10.6. The number of hydrogen-bond acceptors (Lipinski definition) is 0. The summed E-state index contributed by atoms with van der Waals surface area (Å²) >= 11 is 0. The molecular weight excluding hydrogens is 1160 g/mol. The summed E-state index contributed by atoms with van der Waals surface area (Å²) in [5, 5.41) is 90.8. The summed E-state index contributed by atoms with van der Waals surface area (Å²) in [5.41, 5.74) is 9.57. The maximum Gasteiger partial charge on any atom is 0.132 e. The minimum atomic E-state index is -0.306. The molecule has 1 aliphatic heterocycles. The first-order valence-corrected chi connectivity index (χ1v) is 28.3. The van der Waals surface area contributed by atoms with Crippen LogP contribution in [0.25, 0.3) is 291 Å². The maximum atomic E-state index is 2.71. The lowest BCUT2D eigenvalue weighted by Gasteiger charge is -2.49. The van der Waals surface area contributed by atoms with Crippen molar-refractivity contribution in [3.05, 3.63) is 52.1 Å². The van der Waals surface area contributed by atoms with Gasteiger partial charge in [0.1, 0.15) is 11.7 Å². The van der Waals surface area contributed by atoms with Crippen molar-refractivity contribution in [1.29, 1.82) is 0 Å². The van der Waals surface area contributed by atoms with Crippen LogP contribution in [-0.4, -0.2) is 46.3 Å². The molecule has 34 rings (SSSR count). The van der Waals surface area contributed by atoms with Crippen LogP contribution in [0.4, 0.5) is 5.69 Å². The third-order valence-electron chi connectivity index (χ3n) is 27.3. The minimum Gasteiger partial charge on any atom is -1.00 e. The van der Waals surface area contributed by atoms with Crippen LogP contribution in [0.3, 0.4) is 0 Å². The van der Waals surface area contributed by atoms with Crippen molar-refractivity contribution in [1.82, 2.24) is 4.48 Å². The Labute approximate surface area is 460 Å². The number of quaternary nitrogens is 2. The van der Waals surface area contributed by atoms with Gasteiger partial charge in [-0.3, -0.25) is 4.48 Å². The van der Waals surface area contributed by atoms with Gasteiger partial charge in [0.05, 0.1) is 52.6 Å². The molecule has 2 nitrogen and oxygen atoms in total. The van der Waals surface area contributed by atoms with Crippen LogP contribution in [0.15, 0.2) is 24.3 Å². The van der Waals surface area contributed by atoms with E-state index in [4.69, 9.17) is 0 Å². The van der Waals surface area contributed by atoms with Gasteiger partial charge in [0.25, 0.3) is 0 Å². The van der Waals surface area contributed by atoms with Gasteiger partial charge >= 0.3 is 0 Å². The molecule has 0 saturated carbocycles. The Balaban J connectivity index is 0.00000179. The highest BCUT2D eigenvalue weighted by Gasteiger charge is 2.80. The third kappa shape index (κ3) is 1.90. The van der Waals surface area contributed by atoms with Crippen molar-refractivity contribution in [3.8, 4) is 0 Å². The highest BCUT2D eigenvalue weighted by Crippen LogP contribution is 2.87. The van der Waals surface area contributed by atoms with Crippen LogP contribution in [0.2, 0.25) is 0 Å². The molecule has 4 heteroatoms. The van der Waals surface area contributed by atoms with E-state index in [0.29, 0.717) is 0 Å². The molecular formula is C73H22I2N2. The van der Waals surface area contributed by atoms with Gasteiger partial charge in [-0.25, -0.2) is 0 Å². The summed E-state index contributed by atoms with van der Waals surface area (Å²) in [5.74, 6) is 0. The average molecular weight is 1180 g/mol. The molecule has 0 amide bonds. The van der Waals surface area contributed by atoms with E-state index < -0.39 is 0 Å². The van der Waals surface area contributed by atoms with Crippen molar-refractivity contribution < 1.29 is 52.4 Å². The Morgan fingerprint density at radius 1 is 0.286 bits per heavy atom. The van der Waals surface area contributed by atoms with Crippen LogP contribution in [0.1, 0.15) is 33.9 Å². The van der Waals surface area contributed by atoms with E-state index in [1.54, 1.807) is 319 Å². The van der Waals surface area contributed by atoms with E-state index in [2.05, 4.69) is 59.5 Å². The van der Waals surface area contributed by atoms with Gasteiger partial charge in [0, 0.05) is 5.56 Å². The fraction of sp³-hybridized carbons (Fsp3) is 0.123. The van der Waals surface area contributed by atoms with E-state index in [-0.39, 0.29) is 64.8 Å². The number of halogens is 2. The van der Waals surface area contributed by atoms with Crippen LogP contribution >= 0.6 is 0 Å². The zero-order valence-electron chi connectivity index (χ0n) is 41.2. The van der Waals surface area contributed by atoms with Gasteiger partial charge < -0.3 is 52.4 Å². The molecule has 0 radical (unpaired) electrons. The highest BCUT2D eigenvalue weighted by molar-refractivity contribution is 6.82. The molecule has 5 aliphatic rings. The Kier molecular flexibility index (Phi) is 3.30. The lowest BCUT2D eigenvalue weighted by atomic mass is 9.47. The largest absolute Gasteiger partial charge is 1.00 e. The predicted molar refractivity (Wildman–Crippen MR) is 320 cm³/mol. The van der Waals surface area contributed by atoms with E-state index in [9.17, 15) is 0 Å². The summed E-state index contributed by atoms with van der Waals surface area (Å²) in [6.07, 6.45) is 0. The smallest absolute Gasteiger partial charge is 0.132 e. The number of benzene rings is 19. The van der Waals surface area contributed by atoms with Crippen molar-refractivity contribution in [3.63, 3.8) is 0 Å². The van der Waals surface area contributed by atoms with Gasteiger partial charge in [-0.15, -0.1) is 0 Å². The Hall–Kier alpha value is -6.94. The van der Waals surface area contributed by atoms with Crippen LogP contribution in [0, 0.1) is 0 Å². The summed E-state index contributed by atoms with van der Waals surface area (Å²) in [6.45, 7) is 1.12. The molecule has 1 unspecified atom stereocenters. The Morgan fingerprint density at radius 3 is 0.662 bits per heavy atom. The normalized spacial score (nSPS) is 23.2. The van der Waals surface area contributed by atoms with E-state index in [0.717, 1.165) is 15.5 Å². The SMILES string of the molecule is C[N+](C)(C)c1ccc(C2C34c5c6c7c8c9c%10c(c%11c%12c3c3c5c5c%13c6c6c7c7c9c9c%14c%10c%10c%11c%11c%12c%12c3c3c5c5c%13c%13c6c6c7c9c7c9c%14c%10c%10c%11c%11c%12c3c3c5c5c%13c6c7c6c9c%10c%11c3c56)C84C[N+]2(C)C)cc1.[I-].[I-]. The van der Waals surface area contributed by atoms with Crippen LogP contribution < -0.4 is 52.4 Å². The van der Waals surface area contributed by atoms with Gasteiger partial charge in [0.15, 0.2) is 0 Å². The fourth-order valence-electron chi connectivity index (χ4n) is 27.2. The third-order valence-corrected chi connectivity index (χ3v) is 27.3. The fourth-order valence-corrected chi connectivity index (χ4v) is 27.2. The molecule has 77 heavy (non-hydrogen) atoms. The van der Waals surface area contributed by atoms with Crippen molar-refractivity contribution in [2.75, 3.05) is 41.8 Å². The topological polar surface area (TPSA) is 0 Å². The summed E-state index contributed by atoms with van der Waals surface area (Å²) in [7, 11) is 12.5. The molecule has 4 aliphatic carbocycles. The van der Waals surface area contributed by atoms with Gasteiger partial charge in [-0.2, -0.15) is 0 Å². The Morgan fingerprint density at radius 2 is 0.468 bits per heavy atom. The quantitative estimate of drug-likeness (QED) is 0.0919. The van der Waals surface area contributed by atoms with Gasteiger partial charge in [-0.05, 0) is 337 Å². The molecule has 29 aromatic carbocycles. The number of rotatable bonds is 2. The molecule has 1 atom stereocenters. The van der Waals surface area contributed by atoms with Crippen molar-refractivity contribution in [2.24, 2.45) is 0 Å². The lowest BCUT2D eigenvalue weighted by Crippen LogP contribution is -3.00. The second kappa shape index (κ2) is 7.61. The van der Waals surface area contributed by atoms with Gasteiger partial charge in [-0.1, -0.05) is 0 Å². The second-order valence-corrected chi connectivity index (χ2v) is 29.4. The van der Waals surface area contributed by atoms with Crippen molar-refractivity contribution in [2.45, 2.75) is 16.9 Å². The van der Waals surface area contributed by atoms with E-state index >= 15 is 0 Å². The van der Waals surface area contributed by atoms with E-state index in [1.165, 1.54) is 5.69 Å². The zero-order chi connectivity index (χ0) is 45.8. The number of likely N-dealkylation sites (tertiary alicyclic amines) is 1. The van der Waals surface area contributed by atoms with Crippen molar-refractivity contribution >= 4 is 297 Å².